The van der Waals surface area contributed by atoms with Crippen molar-refractivity contribution in [2.75, 3.05) is 19.6 Å². The molecule has 2 aromatic carbocycles. The number of benzene rings is 2. The molecule has 0 unspecified atom stereocenters. The predicted octanol–water partition coefficient (Wildman–Crippen LogP) is 5.29. The molecule has 0 bridgehead atoms. The fraction of sp³-hybridized carbons (Fsp3) is 0.217. The number of aryl methyl sites for hydroxylation is 1. The zero-order valence-corrected chi connectivity index (χ0v) is 17.0. The maximum atomic E-state index is 13.0. The van der Waals surface area contributed by atoms with Gasteiger partial charge in [0.2, 0.25) is 0 Å². The van der Waals surface area contributed by atoms with E-state index in [1.807, 2.05) is 41.3 Å². The van der Waals surface area contributed by atoms with Gasteiger partial charge in [0.25, 0.3) is 0 Å². The predicted molar refractivity (Wildman–Crippen MR) is 114 cm³/mol. The van der Waals surface area contributed by atoms with E-state index in [0.29, 0.717) is 29.6 Å². The first kappa shape index (κ1) is 20.2. The summed E-state index contributed by atoms with van der Waals surface area (Å²) in [5.74, 6) is 0.916. The van der Waals surface area contributed by atoms with Crippen LogP contribution in [0, 0.1) is 5.82 Å². The molecule has 5 nitrogen and oxygen atoms in total. The van der Waals surface area contributed by atoms with Gasteiger partial charge in [0.1, 0.15) is 17.3 Å². The molecular weight excluding hydrogens is 405 g/mol. The van der Waals surface area contributed by atoms with Crippen molar-refractivity contribution in [3.63, 3.8) is 0 Å². The van der Waals surface area contributed by atoms with E-state index >= 15 is 0 Å². The SMILES string of the molecule is O=C1NCCN1CCCc1cc(Cl)cc(-c2ccc(Oc3ccc(F)cc3)cc2)n1. The van der Waals surface area contributed by atoms with Crippen molar-refractivity contribution in [2.24, 2.45) is 0 Å². The number of rotatable bonds is 7. The standard InChI is InChI=1S/C23H21ClFN3O2/c24-17-14-19(2-1-12-28-13-11-26-23(28)29)27-22(15-17)16-3-7-20(8-4-16)30-21-9-5-18(25)6-10-21/h3-10,14-15H,1-2,11-13H2,(H,26,29). The van der Waals surface area contributed by atoms with E-state index in [4.69, 9.17) is 21.3 Å². The zero-order valence-electron chi connectivity index (χ0n) is 16.3. The van der Waals surface area contributed by atoms with Crippen LogP contribution in [-0.4, -0.2) is 35.5 Å². The molecule has 2 amide bonds. The normalized spacial score (nSPS) is 13.4. The van der Waals surface area contributed by atoms with Crippen LogP contribution in [0.2, 0.25) is 5.02 Å². The van der Waals surface area contributed by atoms with Crippen molar-refractivity contribution < 1.29 is 13.9 Å². The lowest BCUT2D eigenvalue weighted by Crippen LogP contribution is -2.29. The van der Waals surface area contributed by atoms with Gasteiger partial charge in [-0.25, -0.2) is 9.18 Å². The maximum Gasteiger partial charge on any atom is 0.317 e. The van der Waals surface area contributed by atoms with Gasteiger partial charge in [-0.15, -0.1) is 0 Å². The number of hydrogen-bond donors (Lipinski definition) is 1. The first-order valence-corrected chi connectivity index (χ1v) is 10.2. The van der Waals surface area contributed by atoms with Crippen molar-refractivity contribution >= 4 is 17.6 Å². The second-order valence-electron chi connectivity index (χ2n) is 7.06. The van der Waals surface area contributed by atoms with Gasteiger partial charge in [-0.05, 0) is 73.5 Å². The van der Waals surface area contributed by atoms with E-state index in [-0.39, 0.29) is 11.8 Å². The van der Waals surface area contributed by atoms with Gasteiger partial charge in [-0.2, -0.15) is 0 Å². The highest BCUT2D eigenvalue weighted by Crippen LogP contribution is 2.27. The van der Waals surface area contributed by atoms with Crippen LogP contribution in [0.3, 0.4) is 0 Å². The lowest BCUT2D eigenvalue weighted by atomic mass is 10.1. The number of amides is 2. The van der Waals surface area contributed by atoms with Crippen LogP contribution in [0.15, 0.2) is 60.7 Å². The van der Waals surface area contributed by atoms with E-state index in [1.165, 1.54) is 12.1 Å². The summed E-state index contributed by atoms with van der Waals surface area (Å²) < 4.78 is 18.7. The molecule has 0 spiro atoms. The molecule has 0 aliphatic carbocycles. The van der Waals surface area contributed by atoms with E-state index < -0.39 is 0 Å². The highest BCUT2D eigenvalue weighted by molar-refractivity contribution is 6.30. The number of aromatic nitrogens is 1. The lowest BCUT2D eigenvalue weighted by molar-refractivity contribution is 0.217. The Labute approximate surface area is 179 Å². The van der Waals surface area contributed by atoms with E-state index in [1.54, 1.807) is 12.1 Å². The van der Waals surface area contributed by atoms with Crippen molar-refractivity contribution in [1.29, 1.82) is 0 Å². The van der Waals surface area contributed by atoms with Crippen LogP contribution in [-0.2, 0) is 6.42 Å². The molecule has 154 valence electrons. The summed E-state index contributed by atoms with van der Waals surface area (Å²) >= 11 is 6.31. The van der Waals surface area contributed by atoms with Crippen molar-refractivity contribution in [3.8, 4) is 22.8 Å². The molecule has 1 aliphatic rings. The minimum Gasteiger partial charge on any atom is -0.457 e. The fourth-order valence-corrected chi connectivity index (χ4v) is 3.56. The minimum atomic E-state index is -0.302. The molecule has 3 aromatic rings. The Kier molecular flexibility index (Phi) is 6.14. The first-order chi connectivity index (χ1) is 14.6. The Bertz CT molecular complexity index is 1030. The quantitative estimate of drug-likeness (QED) is 0.559. The van der Waals surface area contributed by atoms with Gasteiger partial charge in [0.05, 0.1) is 5.69 Å². The number of nitrogens with one attached hydrogen (secondary N) is 1. The smallest absolute Gasteiger partial charge is 0.317 e. The molecule has 0 radical (unpaired) electrons. The fourth-order valence-electron chi connectivity index (χ4n) is 3.33. The van der Waals surface area contributed by atoms with Crippen LogP contribution in [0.25, 0.3) is 11.3 Å². The summed E-state index contributed by atoms with van der Waals surface area (Å²) in [5.41, 5.74) is 2.60. The van der Waals surface area contributed by atoms with Gasteiger partial charge < -0.3 is 15.0 Å². The number of carbonyl (C=O) groups excluding carboxylic acids is 1. The van der Waals surface area contributed by atoms with Crippen molar-refractivity contribution in [2.45, 2.75) is 12.8 Å². The monoisotopic (exact) mass is 425 g/mol. The summed E-state index contributed by atoms with van der Waals surface area (Å²) in [5, 5.41) is 3.43. The Morgan fingerprint density at radius 2 is 1.77 bits per heavy atom. The van der Waals surface area contributed by atoms with E-state index in [0.717, 1.165) is 36.3 Å². The Morgan fingerprint density at radius 3 is 2.43 bits per heavy atom. The van der Waals surface area contributed by atoms with Crippen LogP contribution >= 0.6 is 11.6 Å². The number of urea groups is 1. The van der Waals surface area contributed by atoms with Gasteiger partial charge in [-0.3, -0.25) is 4.98 Å². The summed E-state index contributed by atoms with van der Waals surface area (Å²) in [6.45, 7) is 2.16. The highest BCUT2D eigenvalue weighted by Gasteiger charge is 2.18. The highest BCUT2D eigenvalue weighted by atomic mass is 35.5. The summed E-state index contributed by atoms with van der Waals surface area (Å²) in [6.07, 6.45) is 1.56. The second kappa shape index (κ2) is 9.13. The Hall–Kier alpha value is -3.12. The molecule has 0 saturated carbocycles. The molecule has 1 N–H and O–H groups in total. The van der Waals surface area contributed by atoms with Crippen LogP contribution in [0.5, 0.6) is 11.5 Å². The average Bonchev–Trinajstić information content (AvgIpc) is 3.15. The summed E-state index contributed by atoms with van der Waals surface area (Å²) in [4.78, 5) is 18.2. The molecule has 1 fully saturated rings. The van der Waals surface area contributed by atoms with Crippen molar-refractivity contribution in [3.05, 3.63) is 77.2 Å². The van der Waals surface area contributed by atoms with Gasteiger partial charge in [0.15, 0.2) is 0 Å². The second-order valence-corrected chi connectivity index (χ2v) is 7.50. The third-order valence-electron chi connectivity index (χ3n) is 4.85. The van der Waals surface area contributed by atoms with Crippen molar-refractivity contribution in [1.82, 2.24) is 15.2 Å². The zero-order chi connectivity index (χ0) is 20.9. The van der Waals surface area contributed by atoms with Gasteiger partial charge in [0, 0.05) is 35.9 Å². The molecule has 1 aliphatic heterocycles. The average molecular weight is 426 g/mol. The third-order valence-corrected chi connectivity index (χ3v) is 5.07. The maximum absolute atomic E-state index is 13.0. The number of halogens is 2. The summed E-state index contributed by atoms with van der Waals surface area (Å²) in [7, 11) is 0. The van der Waals surface area contributed by atoms with Gasteiger partial charge in [-0.1, -0.05) is 11.6 Å². The number of ether oxygens (including phenoxy) is 1. The topological polar surface area (TPSA) is 54.5 Å². The molecule has 4 rings (SSSR count). The first-order valence-electron chi connectivity index (χ1n) is 9.80. The molecule has 0 atom stereocenters. The summed E-state index contributed by atoms with van der Waals surface area (Å²) in [6, 6.07) is 17.1. The Morgan fingerprint density at radius 1 is 1.07 bits per heavy atom. The van der Waals surface area contributed by atoms with Crippen LogP contribution in [0.4, 0.5) is 9.18 Å². The number of nitrogens with zero attached hydrogens (tertiary/aromatic N) is 2. The van der Waals surface area contributed by atoms with E-state index in [2.05, 4.69) is 5.32 Å². The molecule has 2 heterocycles. The largest absolute Gasteiger partial charge is 0.457 e. The Balaban J connectivity index is 1.41. The number of hydrogen-bond acceptors (Lipinski definition) is 3. The third kappa shape index (κ3) is 5.07. The molecule has 1 saturated heterocycles. The number of pyridine rings is 1. The molecular formula is C23H21ClFN3O2. The number of carbonyl (C=O) groups is 1. The van der Waals surface area contributed by atoms with Gasteiger partial charge >= 0.3 is 6.03 Å². The molecule has 7 heteroatoms. The van der Waals surface area contributed by atoms with Crippen LogP contribution in [0.1, 0.15) is 12.1 Å². The van der Waals surface area contributed by atoms with Crippen LogP contribution < -0.4 is 10.1 Å². The van der Waals surface area contributed by atoms with E-state index in [9.17, 15) is 9.18 Å². The minimum absolute atomic E-state index is 0.00214. The lowest BCUT2D eigenvalue weighted by Gasteiger charge is -2.13. The molecule has 1 aromatic heterocycles. The molecule has 30 heavy (non-hydrogen) atoms.